The largest absolute Gasteiger partial charge is 1.00 e. The van der Waals surface area contributed by atoms with Gasteiger partial charge in [0, 0.05) is 18.2 Å². The molecule has 0 saturated carbocycles. The first-order valence-electron chi connectivity index (χ1n) is 4.52. The smallest absolute Gasteiger partial charge is 0.205 e. The lowest BCUT2D eigenvalue weighted by molar-refractivity contribution is -0.673. The van der Waals surface area contributed by atoms with Crippen LogP contribution in [0.1, 0.15) is 11.5 Å². The average Bonchev–Trinajstić information content (AvgIpc) is 2.69. The predicted octanol–water partition coefficient (Wildman–Crippen LogP) is -0.721. The van der Waals surface area contributed by atoms with Gasteiger partial charge in [0.2, 0.25) is 5.69 Å². The van der Waals surface area contributed by atoms with Crippen molar-refractivity contribution in [2.24, 2.45) is 7.05 Å². The van der Waals surface area contributed by atoms with E-state index < -0.39 is 0 Å². The van der Waals surface area contributed by atoms with E-state index in [-0.39, 0.29) is 24.0 Å². The molecule has 0 aliphatic heterocycles. The number of aryl methyl sites for hydroxylation is 1. The second kappa shape index (κ2) is 5.70. The van der Waals surface area contributed by atoms with Crippen molar-refractivity contribution in [2.45, 2.75) is 0 Å². The second-order valence-electron chi connectivity index (χ2n) is 3.09. The van der Waals surface area contributed by atoms with Crippen LogP contribution in [0.4, 0.5) is 0 Å². The number of furan rings is 1. The topological polar surface area (TPSA) is 17.0 Å². The molecule has 78 valence electrons. The summed E-state index contributed by atoms with van der Waals surface area (Å²) in [6.07, 6.45) is 7.67. The predicted molar refractivity (Wildman–Crippen MR) is 55.3 cm³/mol. The Morgan fingerprint density at radius 2 is 2.00 bits per heavy atom. The number of halogens is 1. The van der Waals surface area contributed by atoms with Gasteiger partial charge in [-0.2, -0.15) is 0 Å². The Balaban J connectivity index is 0.00000112. The van der Waals surface area contributed by atoms with Gasteiger partial charge in [0.15, 0.2) is 6.20 Å². The maximum Gasteiger partial charge on any atom is 0.205 e. The summed E-state index contributed by atoms with van der Waals surface area (Å²) >= 11 is 0. The lowest BCUT2D eigenvalue weighted by Gasteiger charge is -1.91. The third kappa shape index (κ3) is 3.20. The first-order chi connectivity index (χ1) is 6.86. The van der Waals surface area contributed by atoms with Crippen molar-refractivity contribution >= 4 is 12.2 Å². The van der Waals surface area contributed by atoms with Gasteiger partial charge in [-0.05, 0) is 24.3 Å². The fourth-order valence-electron chi connectivity index (χ4n) is 1.26. The summed E-state index contributed by atoms with van der Waals surface area (Å²) in [6.45, 7) is 0. The molecule has 15 heavy (non-hydrogen) atoms. The van der Waals surface area contributed by atoms with Crippen LogP contribution >= 0.6 is 0 Å². The number of nitrogens with zero attached hydrogens (tertiary/aromatic N) is 1. The van der Waals surface area contributed by atoms with Crippen molar-refractivity contribution in [3.63, 3.8) is 0 Å². The Morgan fingerprint density at radius 1 is 1.13 bits per heavy atom. The monoisotopic (exact) mass is 313 g/mol. The third-order valence-electron chi connectivity index (χ3n) is 2.06. The van der Waals surface area contributed by atoms with Gasteiger partial charge >= 0.3 is 0 Å². The van der Waals surface area contributed by atoms with Crippen molar-refractivity contribution in [1.82, 2.24) is 0 Å². The van der Waals surface area contributed by atoms with Crippen LogP contribution in [0.5, 0.6) is 0 Å². The van der Waals surface area contributed by atoms with Gasteiger partial charge in [-0.1, -0.05) is 0 Å². The van der Waals surface area contributed by atoms with Crippen molar-refractivity contribution < 1.29 is 33.0 Å². The molecule has 0 radical (unpaired) electrons. The summed E-state index contributed by atoms with van der Waals surface area (Å²) in [7, 11) is 2.02. The van der Waals surface area contributed by atoms with E-state index in [1.165, 1.54) is 0 Å². The van der Waals surface area contributed by atoms with Crippen molar-refractivity contribution in [3.8, 4) is 0 Å². The summed E-state index contributed by atoms with van der Waals surface area (Å²) in [6, 6.07) is 9.88. The van der Waals surface area contributed by atoms with Crippen LogP contribution in [0, 0.1) is 0 Å². The Hall–Kier alpha value is -1.10. The fourth-order valence-corrected chi connectivity index (χ4v) is 1.26. The molecular formula is C12H12INO. The molecule has 0 fully saturated rings. The molecule has 0 bridgehead atoms. The quantitative estimate of drug-likeness (QED) is 0.528. The maximum atomic E-state index is 5.20. The van der Waals surface area contributed by atoms with Gasteiger partial charge in [-0.15, -0.1) is 0 Å². The molecule has 0 unspecified atom stereocenters. The zero-order chi connectivity index (χ0) is 9.80. The van der Waals surface area contributed by atoms with Crippen LogP contribution in [0.3, 0.4) is 0 Å². The van der Waals surface area contributed by atoms with E-state index in [4.69, 9.17) is 4.42 Å². The highest BCUT2D eigenvalue weighted by molar-refractivity contribution is 5.63. The lowest BCUT2D eigenvalue weighted by atomic mass is 10.3. The van der Waals surface area contributed by atoms with Crippen LogP contribution in [0.25, 0.3) is 12.2 Å². The SMILES string of the molecule is C[n+]1ccccc1C=Cc1ccco1.[I-]. The van der Waals surface area contributed by atoms with Gasteiger partial charge in [-0.25, -0.2) is 4.57 Å². The van der Waals surface area contributed by atoms with Crippen molar-refractivity contribution in [2.75, 3.05) is 0 Å². The molecule has 0 aliphatic rings. The zero-order valence-electron chi connectivity index (χ0n) is 8.43. The zero-order valence-corrected chi connectivity index (χ0v) is 10.6. The summed E-state index contributed by atoms with van der Waals surface area (Å²) < 4.78 is 7.25. The van der Waals surface area contributed by atoms with Crippen LogP contribution in [-0.4, -0.2) is 0 Å². The highest BCUT2D eigenvalue weighted by Gasteiger charge is 1.98. The summed E-state index contributed by atoms with van der Waals surface area (Å²) in [5.41, 5.74) is 1.14. The van der Waals surface area contributed by atoms with E-state index in [9.17, 15) is 0 Å². The van der Waals surface area contributed by atoms with Crippen LogP contribution in [-0.2, 0) is 7.05 Å². The first-order valence-corrected chi connectivity index (χ1v) is 4.52. The maximum absolute atomic E-state index is 5.20. The molecule has 0 aliphatic carbocycles. The minimum atomic E-state index is 0. The van der Waals surface area contributed by atoms with Crippen LogP contribution < -0.4 is 28.5 Å². The van der Waals surface area contributed by atoms with Crippen molar-refractivity contribution in [3.05, 3.63) is 54.2 Å². The minimum Gasteiger partial charge on any atom is -1.00 e. The van der Waals surface area contributed by atoms with E-state index in [0.717, 1.165) is 11.5 Å². The fraction of sp³-hybridized carbons (Fsp3) is 0.0833. The molecule has 0 amide bonds. The number of hydrogen-bond donors (Lipinski definition) is 0. The Morgan fingerprint density at radius 3 is 2.67 bits per heavy atom. The molecule has 3 heteroatoms. The molecule has 0 atom stereocenters. The molecule has 0 aromatic carbocycles. The molecule has 2 aromatic rings. The second-order valence-corrected chi connectivity index (χ2v) is 3.09. The van der Waals surface area contributed by atoms with Crippen LogP contribution in [0.15, 0.2) is 47.2 Å². The summed E-state index contributed by atoms with van der Waals surface area (Å²) in [4.78, 5) is 0. The minimum absolute atomic E-state index is 0. The summed E-state index contributed by atoms with van der Waals surface area (Å²) in [5, 5.41) is 0. The standard InChI is InChI=1S/C12H12NO.HI/c1-13-9-3-2-5-11(13)7-8-12-6-4-10-14-12;/h2-10H,1H3;1H/q+1;/p-1. The van der Waals surface area contributed by atoms with Crippen molar-refractivity contribution in [1.29, 1.82) is 0 Å². The van der Waals surface area contributed by atoms with Crippen LogP contribution in [0.2, 0.25) is 0 Å². The van der Waals surface area contributed by atoms with Gasteiger partial charge in [0.1, 0.15) is 12.8 Å². The highest BCUT2D eigenvalue weighted by atomic mass is 127. The third-order valence-corrected chi connectivity index (χ3v) is 2.06. The summed E-state index contributed by atoms with van der Waals surface area (Å²) in [5.74, 6) is 0.869. The van der Waals surface area contributed by atoms with E-state index in [1.807, 2.05) is 49.7 Å². The van der Waals surface area contributed by atoms with E-state index in [2.05, 4.69) is 10.6 Å². The molecule has 2 heterocycles. The molecule has 0 spiro atoms. The van der Waals surface area contributed by atoms with E-state index in [0.29, 0.717) is 0 Å². The molecule has 2 aromatic heterocycles. The number of hydrogen-bond acceptors (Lipinski definition) is 1. The first kappa shape index (κ1) is 12.0. The van der Waals surface area contributed by atoms with Gasteiger partial charge in [0.25, 0.3) is 0 Å². The van der Waals surface area contributed by atoms with E-state index >= 15 is 0 Å². The Kier molecular flexibility index (Phi) is 4.55. The van der Waals surface area contributed by atoms with E-state index in [1.54, 1.807) is 6.26 Å². The number of pyridine rings is 1. The van der Waals surface area contributed by atoms with Gasteiger partial charge in [-0.3, -0.25) is 0 Å². The normalized spacial score (nSPS) is 10.2. The molecule has 0 saturated heterocycles. The molecule has 2 rings (SSSR count). The van der Waals surface area contributed by atoms with Gasteiger partial charge in [0.05, 0.1) is 6.26 Å². The highest BCUT2D eigenvalue weighted by Crippen LogP contribution is 2.05. The Bertz CT molecular complexity index is 435. The Labute approximate surface area is 106 Å². The van der Waals surface area contributed by atoms with Gasteiger partial charge < -0.3 is 28.4 Å². The molecular weight excluding hydrogens is 301 g/mol. The molecule has 2 nitrogen and oxygen atoms in total. The average molecular weight is 313 g/mol. The number of rotatable bonds is 2. The lowest BCUT2D eigenvalue weighted by Crippen LogP contribution is -3.00. The number of aromatic nitrogens is 1. The molecule has 0 N–H and O–H groups in total.